The fourth-order valence-electron chi connectivity index (χ4n) is 0.353. The van der Waals surface area contributed by atoms with Crippen LogP contribution in [-0.2, 0) is 9.47 Å². The summed E-state index contributed by atoms with van der Waals surface area (Å²) in [4.78, 5) is 10.5. The lowest BCUT2D eigenvalue weighted by atomic mass is 9.99. The Morgan fingerprint density at radius 3 is 2.45 bits per heavy atom. The van der Waals surface area contributed by atoms with E-state index in [0.717, 1.165) is 0 Å². The molecular formula is C8H12O3. The Morgan fingerprint density at radius 1 is 1.55 bits per heavy atom. The van der Waals surface area contributed by atoms with Crippen LogP contribution in [0.4, 0.5) is 4.79 Å². The molecule has 0 heterocycles. The van der Waals surface area contributed by atoms with Gasteiger partial charge in [-0.05, 0) is 5.41 Å². The highest BCUT2D eigenvalue weighted by atomic mass is 16.7. The van der Waals surface area contributed by atoms with Crippen molar-refractivity contribution >= 4 is 6.16 Å². The van der Waals surface area contributed by atoms with Crippen LogP contribution in [0.1, 0.15) is 20.8 Å². The van der Waals surface area contributed by atoms with Crippen molar-refractivity contribution in [1.82, 2.24) is 0 Å². The average molecular weight is 156 g/mol. The van der Waals surface area contributed by atoms with Crippen molar-refractivity contribution < 1.29 is 14.3 Å². The number of hydrogen-bond acceptors (Lipinski definition) is 3. The highest BCUT2D eigenvalue weighted by molar-refractivity contribution is 5.61. The smallest absolute Gasteiger partial charge is 0.433 e. The summed E-state index contributed by atoms with van der Waals surface area (Å²) in [7, 11) is 0. The number of rotatable bonds is 1. The molecule has 62 valence electrons. The molecule has 0 amide bonds. The van der Waals surface area contributed by atoms with E-state index in [9.17, 15) is 4.79 Å². The molecule has 11 heavy (non-hydrogen) atoms. The van der Waals surface area contributed by atoms with Crippen LogP contribution in [0.2, 0.25) is 0 Å². The van der Waals surface area contributed by atoms with E-state index in [1.165, 1.54) is 0 Å². The minimum atomic E-state index is -0.817. The van der Waals surface area contributed by atoms with Crippen LogP contribution >= 0.6 is 0 Å². The Bertz CT molecular complexity index is 171. The zero-order chi connectivity index (χ0) is 8.91. The molecule has 0 aromatic rings. The topological polar surface area (TPSA) is 35.5 Å². The number of ether oxygens (including phenoxy) is 2. The van der Waals surface area contributed by atoms with Crippen LogP contribution < -0.4 is 0 Å². The highest BCUT2D eigenvalue weighted by Gasteiger charge is 2.13. The molecule has 0 bridgehead atoms. The van der Waals surface area contributed by atoms with Crippen molar-refractivity contribution in [3.05, 3.63) is 0 Å². The third kappa shape index (κ3) is 6.72. The summed E-state index contributed by atoms with van der Waals surface area (Å²) in [5, 5.41) is 0. The molecule has 0 rings (SSSR count). The lowest BCUT2D eigenvalue weighted by Gasteiger charge is -2.16. The largest absolute Gasteiger partial charge is 0.522 e. The molecule has 0 aromatic heterocycles. The Labute approximate surface area is 66.7 Å². The Balaban J connectivity index is 3.57. The third-order valence-electron chi connectivity index (χ3n) is 0.765. The van der Waals surface area contributed by atoms with Crippen molar-refractivity contribution in [2.75, 3.05) is 6.61 Å². The second-order valence-electron chi connectivity index (χ2n) is 3.32. The van der Waals surface area contributed by atoms with Crippen molar-refractivity contribution in [3.8, 4) is 12.5 Å². The standard InChI is InChI=1S/C8H12O3/c1-5-10-7(9)11-6-8(2,3)4/h1H,6H2,2-4H3. The van der Waals surface area contributed by atoms with Gasteiger partial charge in [-0.15, -0.1) is 0 Å². The molecule has 0 radical (unpaired) electrons. The lowest BCUT2D eigenvalue weighted by molar-refractivity contribution is 0.0613. The second-order valence-corrected chi connectivity index (χ2v) is 3.32. The summed E-state index contributed by atoms with van der Waals surface area (Å²) in [6, 6.07) is 0. The van der Waals surface area contributed by atoms with Crippen LogP contribution in [0.15, 0.2) is 0 Å². The zero-order valence-corrected chi connectivity index (χ0v) is 7.01. The molecule has 0 N–H and O–H groups in total. The normalized spacial score (nSPS) is 10.0. The first-order valence-corrected chi connectivity index (χ1v) is 3.25. The fraction of sp³-hybridized carbons (Fsp3) is 0.625. The van der Waals surface area contributed by atoms with Crippen LogP contribution in [0.3, 0.4) is 0 Å². The van der Waals surface area contributed by atoms with Gasteiger partial charge in [-0.1, -0.05) is 27.2 Å². The van der Waals surface area contributed by atoms with E-state index in [-0.39, 0.29) is 5.41 Å². The average Bonchev–Trinajstić information content (AvgIpc) is 1.83. The van der Waals surface area contributed by atoms with E-state index < -0.39 is 6.16 Å². The van der Waals surface area contributed by atoms with Crippen LogP contribution in [-0.4, -0.2) is 12.8 Å². The van der Waals surface area contributed by atoms with E-state index in [4.69, 9.17) is 6.42 Å². The third-order valence-corrected chi connectivity index (χ3v) is 0.765. The van der Waals surface area contributed by atoms with Gasteiger partial charge in [-0.25, -0.2) is 4.79 Å². The van der Waals surface area contributed by atoms with Gasteiger partial charge < -0.3 is 9.47 Å². The van der Waals surface area contributed by atoms with Gasteiger partial charge in [0, 0.05) is 0 Å². The number of terminal acetylenes is 1. The van der Waals surface area contributed by atoms with E-state index in [0.29, 0.717) is 6.61 Å². The molecule has 0 spiro atoms. The van der Waals surface area contributed by atoms with E-state index in [1.54, 1.807) is 6.11 Å². The van der Waals surface area contributed by atoms with Crippen molar-refractivity contribution in [2.45, 2.75) is 20.8 Å². The maximum Gasteiger partial charge on any atom is 0.522 e. The molecule has 0 saturated heterocycles. The summed E-state index contributed by atoms with van der Waals surface area (Å²) in [6.45, 7) is 6.12. The molecule has 0 aliphatic rings. The molecular weight excluding hydrogens is 144 g/mol. The summed E-state index contributed by atoms with van der Waals surface area (Å²) in [5.41, 5.74) is -0.0619. The van der Waals surface area contributed by atoms with Gasteiger partial charge in [0.2, 0.25) is 0 Å². The van der Waals surface area contributed by atoms with Crippen molar-refractivity contribution in [3.63, 3.8) is 0 Å². The van der Waals surface area contributed by atoms with Crippen molar-refractivity contribution in [2.24, 2.45) is 5.41 Å². The van der Waals surface area contributed by atoms with Gasteiger partial charge in [-0.3, -0.25) is 0 Å². The van der Waals surface area contributed by atoms with Crippen LogP contribution in [0.25, 0.3) is 0 Å². The first kappa shape index (κ1) is 9.83. The Kier molecular flexibility index (Phi) is 3.46. The second kappa shape index (κ2) is 3.87. The van der Waals surface area contributed by atoms with E-state index >= 15 is 0 Å². The Hall–Kier alpha value is -1.17. The van der Waals surface area contributed by atoms with Gasteiger partial charge in [0.25, 0.3) is 0 Å². The highest BCUT2D eigenvalue weighted by Crippen LogP contribution is 2.12. The summed E-state index contributed by atoms with van der Waals surface area (Å²) in [5.74, 6) is 0. The minimum Gasteiger partial charge on any atom is -0.433 e. The summed E-state index contributed by atoms with van der Waals surface area (Å²) in [6.07, 6.45) is 5.61. The van der Waals surface area contributed by atoms with Crippen molar-refractivity contribution in [1.29, 1.82) is 0 Å². The fourth-order valence-corrected chi connectivity index (χ4v) is 0.353. The summed E-state index contributed by atoms with van der Waals surface area (Å²) < 4.78 is 8.75. The Morgan fingerprint density at radius 2 is 2.09 bits per heavy atom. The predicted molar refractivity (Wildman–Crippen MR) is 40.7 cm³/mol. The molecule has 0 fully saturated rings. The van der Waals surface area contributed by atoms with Gasteiger partial charge in [0.15, 0.2) is 0 Å². The van der Waals surface area contributed by atoms with Gasteiger partial charge >= 0.3 is 6.16 Å². The van der Waals surface area contributed by atoms with Gasteiger partial charge in [0.05, 0.1) is 6.61 Å². The van der Waals surface area contributed by atoms with Gasteiger partial charge in [0.1, 0.15) is 6.11 Å². The minimum absolute atomic E-state index is 0.0619. The molecule has 0 aromatic carbocycles. The lowest BCUT2D eigenvalue weighted by Crippen LogP contribution is -2.17. The maximum absolute atomic E-state index is 10.5. The number of carbonyl (C=O) groups excluding carboxylic acids is 1. The number of hydrogen-bond donors (Lipinski definition) is 0. The van der Waals surface area contributed by atoms with E-state index in [1.807, 2.05) is 20.8 Å². The SMILES string of the molecule is C#COC(=O)OCC(C)(C)C. The molecule has 0 atom stereocenters. The van der Waals surface area contributed by atoms with Gasteiger partial charge in [-0.2, -0.15) is 0 Å². The monoisotopic (exact) mass is 156 g/mol. The van der Waals surface area contributed by atoms with E-state index in [2.05, 4.69) is 9.47 Å². The molecule has 0 aliphatic heterocycles. The predicted octanol–water partition coefficient (Wildman–Crippen LogP) is 1.78. The zero-order valence-electron chi connectivity index (χ0n) is 7.01. The molecule has 0 saturated carbocycles. The van der Waals surface area contributed by atoms with Crippen LogP contribution in [0, 0.1) is 17.9 Å². The first-order chi connectivity index (χ1) is 4.95. The molecule has 3 nitrogen and oxygen atoms in total. The quantitative estimate of drug-likeness (QED) is 0.428. The van der Waals surface area contributed by atoms with Crippen LogP contribution in [0.5, 0.6) is 0 Å². The first-order valence-electron chi connectivity index (χ1n) is 3.25. The molecule has 0 aliphatic carbocycles. The molecule has 0 unspecified atom stereocenters. The summed E-state index contributed by atoms with van der Waals surface area (Å²) >= 11 is 0. The maximum atomic E-state index is 10.5. The number of carbonyl (C=O) groups is 1. The molecule has 3 heteroatoms.